The number of hydrogen-bond donors (Lipinski definition) is 2. The van der Waals surface area contributed by atoms with Crippen LogP contribution in [-0.4, -0.2) is 15.3 Å². The summed E-state index contributed by atoms with van der Waals surface area (Å²) < 4.78 is 0. The minimum atomic E-state index is 0.0635. The Morgan fingerprint density at radius 1 is 1.14 bits per heavy atom. The zero-order valence-electron chi connectivity index (χ0n) is 12.0. The number of H-pyrrole nitrogens is 1. The minimum Gasteiger partial charge on any atom is -0.508 e. The van der Waals surface area contributed by atoms with Gasteiger partial charge in [-0.2, -0.15) is 0 Å². The van der Waals surface area contributed by atoms with Crippen molar-refractivity contribution in [1.82, 2.24) is 4.98 Å². The lowest BCUT2D eigenvalue weighted by atomic mass is 9.75. The second-order valence-corrected chi connectivity index (χ2v) is 8.97. The summed E-state index contributed by atoms with van der Waals surface area (Å²) in [6.07, 6.45) is 4.05. The van der Waals surface area contributed by atoms with E-state index in [0.717, 1.165) is 16.9 Å². The van der Waals surface area contributed by atoms with Crippen molar-refractivity contribution in [2.24, 2.45) is 17.8 Å². The average molecular weight is 331 g/mol. The summed E-state index contributed by atoms with van der Waals surface area (Å²) in [6.45, 7) is 0. The van der Waals surface area contributed by atoms with Gasteiger partial charge < -0.3 is 10.1 Å². The van der Waals surface area contributed by atoms with Crippen molar-refractivity contribution in [3.63, 3.8) is 0 Å². The predicted octanol–water partition coefficient (Wildman–Crippen LogP) is 3.79. The summed E-state index contributed by atoms with van der Waals surface area (Å²) in [7, 11) is 0. The summed E-state index contributed by atoms with van der Waals surface area (Å²) in [5.74, 6) is 2.89. The molecule has 2 bridgehead atoms. The van der Waals surface area contributed by atoms with Crippen molar-refractivity contribution in [3.05, 3.63) is 44.4 Å². The van der Waals surface area contributed by atoms with Crippen LogP contribution in [0.25, 0.3) is 0 Å². The van der Waals surface area contributed by atoms with Gasteiger partial charge in [0.05, 0.1) is 5.03 Å². The standard InChI is InChI=1S/C17H17NO2S2/c19-11-5-3-8(4-6-11)12-13-9-1-2-10(7-9)14(13)21-16-15(12)22-17(20)18-16/h3-6,9-10,12-14,19H,1-2,7H2,(H,18,20)/t9-,10+,12-,13-,14+/m1/s1. The predicted molar refractivity (Wildman–Crippen MR) is 88.9 cm³/mol. The molecule has 0 spiro atoms. The van der Waals surface area contributed by atoms with Crippen molar-refractivity contribution < 1.29 is 5.11 Å². The Morgan fingerprint density at radius 3 is 2.73 bits per heavy atom. The third kappa shape index (κ3) is 1.78. The van der Waals surface area contributed by atoms with Crippen molar-refractivity contribution in [3.8, 4) is 5.75 Å². The number of phenols is 1. The van der Waals surface area contributed by atoms with Crippen LogP contribution in [-0.2, 0) is 0 Å². The largest absolute Gasteiger partial charge is 0.508 e. The summed E-state index contributed by atoms with van der Waals surface area (Å²) in [5, 5.41) is 11.3. The van der Waals surface area contributed by atoms with Crippen molar-refractivity contribution in [2.45, 2.75) is 35.5 Å². The SMILES string of the molecule is O=c1[nH]c2c(s1)[C@H](c1ccc(O)cc1)[C@H]1[C@@H]3CC[C@@H](C3)[C@@H]1S2. The fourth-order valence-electron chi connectivity index (χ4n) is 4.90. The molecule has 2 fully saturated rings. The molecule has 1 aromatic heterocycles. The van der Waals surface area contributed by atoms with Gasteiger partial charge in [0.1, 0.15) is 5.75 Å². The normalized spacial score (nSPS) is 35.4. The minimum absolute atomic E-state index is 0.0635. The van der Waals surface area contributed by atoms with E-state index < -0.39 is 0 Å². The first-order valence-corrected chi connectivity index (χ1v) is 9.59. The first-order chi connectivity index (χ1) is 10.7. The molecule has 2 heterocycles. The molecule has 5 atom stereocenters. The van der Waals surface area contributed by atoms with Gasteiger partial charge in [-0.15, -0.1) is 11.8 Å². The van der Waals surface area contributed by atoms with Crippen LogP contribution < -0.4 is 4.87 Å². The van der Waals surface area contributed by atoms with Crippen LogP contribution in [0.5, 0.6) is 5.75 Å². The fraction of sp³-hybridized carbons (Fsp3) is 0.471. The maximum Gasteiger partial charge on any atom is 0.305 e. The highest BCUT2D eigenvalue weighted by molar-refractivity contribution is 8.00. The lowest BCUT2D eigenvalue weighted by Gasteiger charge is -2.40. The zero-order chi connectivity index (χ0) is 14.8. The lowest BCUT2D eigenvalue weighted by molar-refractivity contribution is 0.307. The number of rotatable bonds is 1. The molecular formula is C17H17NO2S2. The highest BCUT2D eigenvalue weighted by Gasteiger charge is 2.54. The van der Waals surface area contributed by atoms with Crippen molar-refractivity contribution in [2.75, 3.05) is 0 Å². The molecule has 2 aromatic rings. The number of aromatic nitrogens is 1. The van der Waals surface area contributed by atoms with Gasteiger partial charge in [-0.1, -0.05) is 23.5 Å². The molecule has 1 aliphatic heterocycles. The molecular weight excluding hydrogens is 314 g/mol. The first-order valence-electron chi connectivity index (χ1n) is 7.89. The Hall–Kier alpha value is -1.20. The van der Waals surface area contributed by atoms with Gasteiger partial charge in [-0.3, -0.25) is 4.79 Å². The molecule has 22 heavy (non-hydrogen) atoms. The molecule has 0 amide bonds. The summed E-state index contributed by atoms with van der Waals surface area (Å²) >= 11 is 3.30. The van der Waals surface area contributed by atoms with Gasteiger partial charge in [0.15, 0.2) is 0 Å². The Labute approximate surface area is 136 Å². The number of nitrogens with one attached hydrogen (secondary N) is 1. The van der Waals surface area contributed by atoms with Gasteiger partial charge in [0, 0.05) is 16.0 Å². The van der Waals surface area contributed by atoms with E-state index in [1.54, 1.807) is 12.1 Å². The molecule has 2 N–H and O–H groups in total. The summed E-state index contributed by atoms with van der Waals surface area (Å²) in [5.41, 5.74) is 1.25. The maximum absolute atomic E-state index is 11.9. The Bertz CT molecular complexity index is 779. The summed E-state index contributed by atoms with van der Waals surface area (Å²) in [4.78, 5) is 16.2. The second-order valence-electron chi connectivity index (χ2n) is 6.77. The van der Waals surface area contributed by atoms with Gasteiger partial charge >= 0.3 is 4.87 Å². The molecule has 114 valence electrons. The van der Waals surface area contributed by atoms with Gasteiger partial charge in [-0.25, -0.2) is 0 Å². The number of aromatic hydroxyl groups is 1. The lowest BCUT2D eigenvalue weighted by Crippen LogP contribution is -2.33. The Balaban J connectivity index is 1.68. The topological polar surface area (TPSA) is 53.1 Å². The molecule has 5 rings (SSSR count). The third-order valence-electron chi connectivity index (χ3n) is 5.72. The highest BCUT2D eigenvalue weighted by Crippen LogP contribution is 2.63. The fourth-order valence-corrected chi connectivity index (χ4v) is 7.80. The van der Waals surface area contributed by atoms with Gasteiger partial charge in [0.2, 0.25) is 0 Å². The molecule has 5 heteroatoms. The quantitative estimate of drug-likeness (QED) is 0.836. The van der Waals surface area contributed by atoms with Crippen LogP contribution in [0.15, 0.2) is 34.1 Å². The van der Waals surface area contributed by atoms with E-state index in [1.807, 2.05) is 23.9 Å². The van der Waals surface area contributed by atoms with Crippen LogP contribution in [0.3, 0.4) is 0 Å². The third-order valence-corrected chi connectivity index (χ3v) is 8.34. The number of phenolic OH excluding ortho intramolecular Hbond substituents is 1. The highest BCUT2D eigenvalue weighted by atomic mass is 32.2. The molecule has 0 saturated heterocycles. The van der Waals surface area contributed by atoms with Crippen LogP contribution in [0.4, 0.5) is 0 Å². The monoisotopic (exact) mass is 331 g/mol. The number of benzene rings is 1. The first kappa shape index (κ1) is 13.3. The molecule has 0 unspecified atom stereocenters. The van der Waals surface area contributed by atoms with E-state index >= 15 is 0 Å². The van der Waals surface area contributed by atoms with Crippen LogP contribution >= 0.6 is 23.1 Å². The van der Waals surface area contributed by atoms with Crippen LogP contribution in [0, 0.1) is 17.8 Å². The maximum atomic E-state index is 11.9. The van der Waals surface area contributed by atoms with Gasteiger partial charge in [-0.05, 0) is 54.7 Å². The number of aromatic amines is 1. The van der Waals surface area contributed by atoms with E-state index in [0.29, 0.717) is 22.8 Å². The van der Waals surface area contributed by atoms with E-state index in [9.17, 15) is 9.90 Å². The number of hydrogen-bond acceptors (Lipinski definition) is 4. The summed E-state index contributed by atoms with van der Waals surface area (Å²) in [6, 6.07) is 7.61. The van der Waals surface area contributed by atoms with E-state index in [4.69, 9.17) is 0 Å². The molecule has 1 aromatic carbocycles. The number of thioether (sulfide) groups is 1. The van der Waals surface area contributed by atoms with Gasteiger partial charge in [0.25, 0.3) is 0 Å². The molecule has 3 nitrogen and oxygen atoms in total. The van der Waals surface area contributed by atoms with Crippen molar-refractivity contribution >= 4 is 23.1 Å². The molecule has 3 aliphatic rings. The smallest absolute Gasteiger partial charge is 0.305 e. The molecule has 0 radical (unpaired) electrons. The van der Waals surface area contributed by atoms with Crippen LogP contribution in [0.1, 0.15) is 35.6 Å². The average Bonchev–Trinajstić information content (AvgIpc) is 3.19. The van der Waals surface area contributed by atoms with Crippen molar-refractivity contribution in [1.29, 1.82) is 0 Å². The van der Waals surface area contributed by atoms with E-state index in [1.165, 1.54) is 41.0 Å². The molecule has 2 aliphatic carbocycles. The number of fused-ring (bicyclic) bond motifs is 6. The second kappa shape index (κ2) is 4.65. The zero-order valence-corrected chi connectivity index (χ0v) is 13.6. The Morgan fingerprint density at radius 2 is 1.91 bits per heavy atom. The molecule has 2 saturated carbocycles. The Kier molecular flexibility index (Phi) is 2.80. The van der Waals surface area contributed by atoms with E-state index in [2.05, 4.69) is 4.98 Å². The van der Waals surface area contributed by atoms with E-state index in [-0.39, 0.29) is 4.87 Å². The number of thiazole rings is 1. The van der Waals surface area contributed by atoms with Crippen LogP contribution in [0.2, 0.25) is 0 Å².